The predicted molar refractivity (Wildman–Crippen MR) is 73.3 cm³/mol. The van der Waals surface area contributed by atoms with Gasteiger partial charge in [0.05, 0.1) is 11.5 Å². The highest BCUT2D eigenvalue weighted by Crippen LogP contribution is 2.28. The van der Waals surface area contributed by atoms with Gasteiger partial charge in [-0.05, 0) is 30.9 Å². The SMILES string of the molecule is C=CCCOc1cc(CNC2CC2)ccc1[N+](=O)[O-]. The first kappa shape index (κ1) is 13.5. The van der Waals surface area contributed by atoms with Crippen LogP contribution in [0, 0.1) is 10.1 Å². The summed E-state index contributed by atoms with van der Waals surface area (Å²) in [6, 6.07) is 5.64. The Bertz CT molecular complexity index is 470. The van der Waals surface area contributed by atoms with Gasteiger partial charge >= 0.3 is 5.69 Å². The van der Waals surface area contributed by atoms with Crippen LogP contribution in [0.3, 0.4) is 0 Å². The van der Waals surface area contributed by atoms with Crippen LogP contribution in [0.15, 0.2) is 30.9 Å². The molecule has 0 spiro atoms. The number of hydrogen-bond acceptors (Lipinski definition) is 4. The third-order valence-corrected chi connectivity index (χ3v) is 2.97. The van der Waals surface area contributed by atoms with Crippen molar-refractivity contribution in [3.05, 3.63) is 46.5 Å². The van der Waals surface area contributed by atoms with Crippen LogP contribution in [0.2, 0.25) is 0 Å². The summed E-state index contributed by atoms with van der Waals surface area (Å²) in [5.74, 6) is 0.335. The molecule has 2 rings (SSSR count). The van der Waals surface area contributed by atoms with Crippen molar-refractivity contribution in [2.24, 2.45) is 0 Å². The van der Waals surface area contributed by atoms with Gasteiger partial charge in [-0.2, -0.15) is 0 Å². The smallest absolute Gasteiger partial charge is 0.310 e. The van der Waals surface area contributed by atoms with Crippen molar-refractivity contribution in [3.8, 4) is 5.75 Å². The second kappa shape index (κ2) is 6.33. The summed E-state index contributed by atoms with van der Waals surface area (Å²) >= 11 is 0. The molecule has 1 fully saturated rings. The summed E-state index contributed by atoms with van der Waals surface area (Å²) in [5, 5.41) is 14.3. The lowest BCUT2D eigenvalue weighted by molar-refractivity contribution is -0.385. The van der Waals surface area contributed by atoms with E-state index in [4.69, 9.17) is 4.74 Å². The summed E-state index contributed by atoms with van der Waals surface area (Å²) < 4.78 is 5.46. The van der Waals surface area contributed by atoms with Gasteiger partial charge in [-0.15, -0.1) is 6.58 Å². The van der Waals surface area contributed by atoms with E-state index < -0.39 is 4.92 Å². The molecule has 1 aromatic rings. The topological polar surface area (TPSA) is 64.4 Å². The van der Waals surface area contributed by atoms with Crippen LogP contribution in [-0.4, -0.2) is 17.6 Å². The van der Waals surface area contributed by atoms with E-state index in [1.807, 2.05) is 0 Å². The van der Waals surface area contributed by atoms with Crippen LogP contribution < -0.4 is 10.1 Å². The van der Waals surface area contributed by atoms with Crippen LogP contribution in [0.1, 0.15) is 24.8 Å². The molecule has 0 aromatic heterocycles. The minimum absolute atomic E-state index is 0.0132. The molecule has 0 heterocycles. The largest absolute Gasteiger partial charge is 0.486 e. The molecule has 0 radical (unpaired) electrons. The normalized spacial score (nSPS) is 14.1. The van der Waals surface area contributed by atoms with Crippen molar-refractivity contribution in [3.63, 3.8) is 0 Å². The second-order valence-electron chi connectivity index (χ2n) is 4.64. The molecule has 1 saturated carbocycles. The van der Waals surface area contributed by atoms with Gasteiger partial charge in [-0.25, -0.2) is 0 Å². The number of nitrogens with one attached hydrogen (secondary N) is 1. The molecule has 1 aromatic carbocycles. The van der Waals surface area contributed by atoms with Crippen LogP contribution in [0.4, 0.5) is 5.69 Å². The molecule has 0 unspecified atom stereocenters. The molecule has 102 valence electrons. The van der Waals surface area contributed by atoms with Crippen molar-refractivity contribution in [1.82, 2.24) is 5.32 Å². The van der Waals surface area contributed by atoms with Gasteiger partial charge in [-0.3, -0.25) is 10.1 Å². The molecule has 0 aliphatic heterocycles. The lowest BCUT2D eigenvalue weighted by atomic mass is 10.2. The maximum absolute atomic E-state index is 10.9. The van der Waals surface area contributed by atoms with Gasteiger partial charge in [0, 0.05) is 18.7 Å². The minimum Gasteiger partial charge on any atom is -0.486 e. The van der Waals surface area contributed by atoms with Gasteiger partial charge in [0.15, 0.2) is 5.75 Å². The van der Waals surface area contributed by atoms with Crippen molar-refractivity contribution >= 4 is 5.69 Å². The Kier molecular flexibility index (Phi) is 4.52. The maximum Gasteiger partial charge on any atom is 0.310 e. The Hall–Kier alpha value is -1.88. The van der Waals surface area contributed by atoms with E-state index in [0.717, 1.165) is 12.1 Å². The molecule has 1 N–H and O–H groups in total. The first-order chi connectivity index (χ1) is 9.20. The Morgan fingerprint density at radius 1 is 1.53 bits per heavy atom. The second-order valence-corrected chi connectivity index (χ2v) is 4.64. The van der Waals surface area contributed by atoms with Gasteiger partial charge in [0.25, 0.3) is 0 Å². The minimum atomic E-state index is -0.415. The average Bonchev–Trinajstić information content (AvgIpc) is 3.20. The molecular formula is C14H18N2O3. The number of nitro benzene ring substituents is 1. The number of ether oxygens (including phenoxy) is 1. The number of benzene rings is 1. The number of hydrogen-bond donors (Lipinski definition) is 1. The fraction of sp³-hybridized carbons (Fsp3) is 0.429. The van der Waals surface area contributed by atoms with Crippen molar-refractivity contribution in [1.29, 1.82) is 0 Å². The summed E-state index contributed by atoms with van der Waals surface area (Å²) in [6.45, 7) is 4.73. The summed E-state index contributed by atoms with van der Waals surface area (Å²) in [7, 11) is 0. The highest BCUT2D eigenvalue weighted by Gasteiger charge is 2.21. The van der Waals surface area contributed by atoms with Gasteiger partial charge in [-0.1, -0.05) is 12.1 Å². The summed E-state index contributed by atoms with van der Waals surface area (Å²) in [6.07, 6.45) is 4.83. The third kappa shape index (κ3) is 4.06. The zero-order chi connectivity index (χ0) is 13.7. The molecule has 1 aliphatic rings. The van der Waals surface area contributed by atoms with E-state index in [-0.39, 0.29) is 5.69 Å². The zero-order valence-corrected chi connectivity index (χ0v) is 10.8. The third-order valence-electron chi connectivity index (χ3n) is 2.97. The molecule has 0 amide bonds. The van der Waals surface area contributed by atoms with E-state index in [2.05, 4.69) is 11.9 Å². The van der Waals surface area contributed by atoms with Crippen LogP contribution in [0.5, 0.6) is 5.75 Å². The maximum atomic E-state index is 10.9. The van der Waals surface area contributed by atoms with Crippen molar-refractivity contribution < 1.29 is 9.66 Å². The first-order valence-corrected chi connectivity index (χ1v) is 6.45. The van der Waals surface area contributed by atoms with Crippen LogP contribution in [0.25, 0.3) is 0 Å². The van der Waals surface area contributed by atoms with E-state index >= 15 is 0 Å². The molecule has 0 atom stereocenters. The number of rotatable bonds is 8. The van der Waals surface area contributed by atoms with Crippen LogP contribution in [-0.2, 0) is 6.54 Å². The van der Waals surface area contributed by atoms with E-state index in [1.54, 1.807) is 18.2 Å². The van der Waals surface area contributed by atoms with Crippen molar-refractivity contribution in [2.45, 2.75) is 31.8 Å². The van der Waals surface area contributed by atoms with Crippen LogP contribution >= 0.6 is 0 Å². The zero-order valence-electron chi connectivity index (χ0n) is 10.8. The lowest BCUT2D eigenvalue weighted by Crippen LogP contribution is -2.15. The monoisotopic (exact) mass is 262 g/mol. The van der Waals surface area contributed by atoms with Gasteiger partial charge in [0.2, 0.25) is 0 Å². The fourth-order valence-corrected chi connectivity index (χ4v) is 1.74. The molecule has 0 bridgehead atoms. The molecular weight excluding hydrogens is 244 g/mol. The Labute approximate surface area is 112 Å². The Morgan fingerprint density at radius 3 is 2.95 bits per heavy atom. The number of nitro groups is 1. The average molecular weight is 262 g/mol. The summed E-state index contributed by atoms with van der Waals surface area (Å²) in [4.78, 5) is 10.5. The Balaban J connectivity index is 2.06. The quantitative estimate of drug-likeness (QED) is 0.338. The summed E-state index contributed by atoms with van der Waals surface area (Å²) in [5.41, 5.74) is 1.02. The van der Waals surface area contributed by atoms with Crippen molar-refractivity contribution in [2.75, 3.05) is 6.61 Å². The Morgan fingerprint density at radius 2 is 2.32 bits per heavy atom. The molecule has 19 heavy (non-hydrogen) atoms. The van der Waals surface area contributed by atoms with E-state index in [9.17, 15) is 10.1 Å². The van der Waals surface area contributed by atoms with Gasteiger partial charge in [0.1, 0.15) is 0 Å². The standard InChI is InChI=1S/C14H18N2O3/c1-2-3-8-19-14-9-11(10-15-12-5-6-12)4-7-13(14)16(17)18/h2,4,7,9,12,15H,1,3,5-6,8,10H2. The first-order valence-electron chi connectivity index (χ1n) is 6.45. The molecule has 1 aliphatic carbocycles. The predicted octanol–water partition coefficient (Wildman–Crippen LogP) is 2.80. The fourth-order valence-electron chi connectivity index (χ4n) is 1.74. The van der Waals surface area contributed by atoms with E-state index in [1.165, 1.54) is 18.9 Å². The van der Waals surface area contributed by atoms with Gasteiger partial charge < -0.3 is 10.1 Å². The molecule has 5 heteroatoms. The highest BCUT2D eigenvalue weighted by atomic mass is 16.6. The lowest BCUT2D eigenvalue weighted by Gasteiger charge is -2.08. The highest BCUT2D eigenvalue weighted by molar-refractivity contribution is 5.48. The van der Waals surface area contributed by atoms with E-state index in [0.29, 0.717) is 24.8 Å². The number of nitrogens with zero attached hydrogens (tertiary/aromatic N) is 1. The molecule has 0 saturated heterocycles. The molecule has 5 nitrogen and oxygen atoms in total.